The van der Waals surface area contributed by atoms with Crippen molar-refractivity contribution in [3.05, 3.63) is 70.3 Å². The van der Waals surface area contributed by atoms with Crippen LogP contribution < -0.4 is 4.74 Å². The molecule has 1 fully saturated rings. The van der Waals surface area contributed by atoms with E-state index in [0.717, 1.165) is 6.54 Å². The highest BCUT2D eigenvalue weighted by Gasteiger charge is 2.45. The van der Waals surface area contributed by atoms with Crippen molar-refractivity contribution in [2.45, 2.75) is 12.5 Å². The third-order valence-corrected chi connectivity index (χ3v) is 5.29. The minimum Gasteiger partial charge on any atom is -0.507 e. The molecule has 1 atom stereocenters. The molecule has 1 saturated heterocycles. The highest BCUT2D eigenvalue weighted by Crippen LogP contribution is 2.40. The van der Waals surface area contributed by atoms with Crippen molar-refractivity contribution in [2.75, 3.05) is 34.3 Å². The van der Waals surface area contributed by atoms with E-state index < -0.39 is 17.7 Å². The summed E-state index contributed by atoms with van der Waals surface area (Å²) < 4.78 is 5.22. The van der Waals surface area contributed by atoms with Crippen molar-refractivity contribution >= 4 is 29.1 Å². The fourth-order valence-electron chi connectivity index (χ4n) is 3.62. The molecule has 0 aliphatic carbocycles. The summed E-state index contributed by atoms with van der Waals surface area (Å²) in [5, 5.41) is 11.5. The minimum atomic E-state index is -0.711. The summed E-state index contributed by atoms with van der Waals surface area (Å²) in [6.45, 7) is 1.15. The number of benzene rings is 2. The lowest BCUT2D eigenvalue weighted by Crippen LogP contribution is -2.32. The Kier molecular flexibility index (Phi) is 6.80. The highest BCUT2D eigenvalue weighted by molar-refractivity contribution is 6.46. The fraction of sp³-hybridized carbons (Fsp3) is 0.304. The molecule has 7 heteroatoms. The molecule has 0 spiro atoms. The van der Waals surface area contributed by atoms with Crippen molar-refractivity contribution in [3.8, 4) is 5.75 Å². The number of rotatable bonds is 7. The average molecular weight is 429 g/mol. The Morgan fingerprint density at radius 2 is 1.90 bits per heavy atom. The van der Waals surface area contributed by atoms with Crippen LogP contribution in [0.15, 0.2) is 54.1 Å². The van der Waals surface area contributed by atoms with E-state index in [-0.39, 0.29) is 11.3 Å². The van der Waals surface area contributed by atoms with E-state index in [4.69, 9.17) is 16.3 Å². The van der Waals surface area contributed by atoms with Crippen LogP contribution in [0.25, 0.3) is 5.76 Å². The van der Waals surface area contributed by atoms with Crippen LogP contribution in [0.3, 0.4) is 0 Å². The quantitative estimate of drug-likeness (QED) is 0.413. The van der Waals surface area contributed by atoms with Gasteiger partial charge in [-0.2, -0.15) is 0 Å². The van der Waals surface area contributed by atoms with Crippen molar-refractivity contribution in [1.82, 2.24) is 9.80 Å². The molecule has 0 radical (unpaired) electrons. The third kappa shape index (κ3) is 4.50. The zero-order valence-corrected chi connectivity index (χ0v) is 18.0. The Labute approximate surface area is 181 Å². The lowest BCUT2D eigenvalue weighted by atomic mass is 9.95. The van der Waals surface area contributed by atoms with Crippen LogP contribution in [-0.2, 0) is 9.59 Å². The first-order valence-corrected chi connectivity index (χ1v) is 10.0. The van der Waals surface area contributed by atoms with Crippen molar-refractivity contribution < 1.29 is 19.4 Å². The lowest BCUT2D eigenvalue weighted by molar-refractivity contribution is -0.139. The van der Waals surface area contributed by atoms with Gasteiger partial charge in [-0.15, -0.1) is 0 Å². The van der Waals surface area contributed by atoms with Gasteiger partial charge in [0, 0.05) is 17.1 Å². The third-order valence-electron chi connectivity index (χ3n) is 5.05. The summed E-state index contributed by atoms with van der Waals surface area (Å²) in [5.41, 5.74) is 1.14. The molecule has 1 amide bonds. The number of ketones is 1. The number of nitrogens with zero attached hydrogens (tertiary/aromatic N) is 2. The molecule has 1 aliphatic rings. The second-order valence-electron chi connectivity index (χ2n) is 7.44. The minimum absolute atomic E-state index is 0.0559. The molecule has 30 heavy (non-hydrogen) atoms. The molecule has 6 nitrogen and oxygen atoms in total. The number of amides is 1. The van der Waals surface area contributed by atoms with Crippen LogP contribution >= 0.6 is 11.6 Å². The second-order valence-corrected chi connectivity index (χ2v) is 7.87. The first kappa shape index (κ1) is 21.9. The Morgan fingerprint density at radius 3 is 2.57 bits per heavy atom. The molecule has 1 N–H and O–H groups in total. The van der Waals surface area contributed by atoms with Gasteiger partial charge in [-0.1, -0.05) is 35.9 Å². The first-order chi connectivity index (χ1) is 14.3. The molecule has 0 unspecified atom stereocenters. The van der Waals surface area contributed by atoms with Crippen molar-refractivity contribution in [2.24, 2.45) is 0 Å². The van der Waals surface area contributed by atoms with E-state index in [0.29, 0.717) is 34.9 Å². The molecule has 0 aromatic heterocycles. The van der Waals surface area contributed by atoms with Gasteiger partial charge in [-0.3, -0.25) is 9.59 Å². The molecule has 3 rings (SSSR count). The molecule has 2 aromatic carbocycles. The van der Waals surface area contributed by atoms with Gasteiger partial charge in [0.1, 0.15) is 11.5 Å². The number of likely N-dealkylation sites (tertiary alicyclic amines) is 1. The number of hydrogen-bond donors (Lipinski definition) is 1. The van der Waals surface area contributed by atoms with E-state index >= 15 is 0 Å². The number of aliphatic hydroxyl groups is 1. The molecule has 2 aromatic rings. The number of carbonyl (C=O) groups excluding carboxylic acids is 2. The molecular weight excluding hydrogens is 404 g/mol. The predicted octanol–water partition coefficient (Wildman–Crippen LogP) is 3.72. The van der Waals surface area contributed by atoms with Gasteiger partial charge in [0.2, 0.25) is 0 Å². The summed E-state index contributed by atoms with van der Waals surface area (Å²) in [6, 6.07) is 13.1. The van der Waals surface area contributed by atoms with Crippen molar-refractivity contribution in [1.29, 1.82) is 0 Å². The Balaban J connectivity index is 2.11. The summed E-state index contributed by atoms with van der Waals surface area (Å²) >= 11 is 6.18. The normalized spacial score (nSPS) is 18.3. The van der Waals surface area contributed by atoms with Gasteiger partial charge in [-0.05, 0) is 56.9 Å². The van der Waals surface area contributed by atoms with E-state index in [1.807, 2.05) is 19.0 Å². The molecule has 158 valence electrons. The van der Waals surface area contributed by atoms with E-state index in [2.05, 4.69) is 0 Å². The largest absolute Gasteiger partial charge is 0.507 e. The van der Waals surface area contributed by atoms with Gasteiger partial charge in [-0.25, -0.2) is 0 Å². The van der Waals surface area contributed by atoms with Gasteiger partial charge >= 0.3 is 0 Å². The van der Waals surface area contributed by atoms with Crippen LogP contribution in [0.2, 0.25) is 5.02 Å². The zero-order chi connectivity index (χ0) is 21.8. The summed E-state index contributed by atoms with van der Waals surface area (Å²) in [7, 11) is 5.42. The number of carbonyl (C=O) groups is 2. The van der Waals surface area contributed by atoms with Crippen molar-refractivity contribution in [3.63, 3.8) is 0 Å². The van der Waals surface area contributed by atoms with Crippen LogP contribution in [0.4, 0.5) is 0 Å². The monoisotopic (exact) mass is 428 g/mol. The van der Waals surface area contributed by atoms with E-state index in [1.165, 1.54) is 12.0 Å². The SMILES string of the molecule is COc1cccc(/C(O)=C2/C(=O)C(=O)N(CCCN(C)C)[C@H]2c2cccc(Cl)c2)c1. The standard InChI is InChI=1S/C23H25ClN2O4/c1-25(2)11-6-12-26-20(15-7-4-9-17(24)13-15)19(22(28)23(26)29)21(27)16-8-5-10-18(14-16)30-3/h4-5,7-10,13-14,20,27H,6,11-12H2,1-3H3/b21-19-/t20-/m0/s1. The summed E-state index contributed by atoms with van der Waals surface area (Å²) in [6.07, 6.45) is 0.691. The van der Waals surface area contributed by atoms with Crippen LogP contribution in [0.1, 0.15) is 23.6 Å². The Morgan fingerprint density at radius 1 is 1.17 bits per heavy atom. The number of hydrogen-bond acceptors (Lipinski definition) is 5. The number of Topliss-reactive ketones (excluding diaryl/α,β-unsaturated/α-hetero) is 1. The van der Waals surface area contributed by atoms with Crippen LogP contribution in [-0.4, -0.2) is 60.9 Å². The molecular formula is C23H25ClN2O4. The van der Waals surface area contributed by atoms with Crippen LogP contribution in [0, 0.1) is 0 Å². The molecule has 1 heterocycles. The first-order valence-electron chi connectivity index (χ1n) is 9.66. The maximum Gasteiger partial charge on any atom is 0.295 e. The second kappa shape index (κ2) is 9.32. The number of aliphatic hydroxyl groups excluding tert-OH is 1. The maximum absolute atomic E-state index is 13.0. The average Bonchev–Trinajstić information content (AvgIpc) is 2.98. The topological polar surface area (TPSA) is 70.1 Å². The number of methoxy groups -OCH3 is 1. The number of ether oxygens (including phenoxy) is 1. The Bertz CT molecular complexity index is 987. The van der Waals surface area contributed by atoms with E-state index in [1.54, 1.807) is 48.5 Å². The smallest absolute Gasteiger partial charge is 0.295 e. The van der Waals surface area contributed by atoms with Gasteiger partial charge in [0.25, 0.3) is 11.7 Å². The molecule has 0 saturated carbocycles. The van der Waals surface area contributed by atoms with Gasteiger partial charge < -0.3 is 19.6 Å². The van der Waals surface area contributed by atoms with Gasteiger partial charge in [0.05, 0.1) is 18.7 Å². The van der Waals surface area contributed by atoms with Gasteiger partial charge in [0.15, 0.2) is 0 Å². The zero-order valence-electron chi connectivity index (χ0n) is 17.3. The summed E-state index contributed by atoms with van der Waals surface area (Å²) in [4.78, 5) is 29.4. The fourth-order valence-corrected chi connectivity index (χ4v) is 3.82. The maximum atomic E-state index is 13.0. The van der Waals surface area contributed by atoms with Crippen LogP contribution in [0.5, 0.6) is 5.75 Å². The molecule has 1 aliphatic heterocycles. The van der Waals surface area contributed by atoms with E-state index in [9.17, 15) is 14.7 Å². The lowest BCUT2D eigenvalue weighted by Gasteiger charge is -2.26. The summed E-state index contributed by atoms with van der Waals surface area (Å²) in [5.74, 6) is -1.01. The number of halogens is 1. The molecule has 0 bridgehead atoms. The predicted molar refractivity (Wildman–Crippen MR) is 117 cm³/mol. The Hall–Kier alpha value is -2.83. The highest BCUT2D eigenvalue weighted by atomic mass is 35.5.